The Hall–Kier alpha value is -2.70. The van der Waals surface area contributed by atoms with E-state index >= 15 is 0 Å². The van der Waals surface area contributed by atoms with Crippen LogP contribution in [-0.2, 0) is 10.0 Å². The molecular formula is C23H23ClN2O3S. The number of fused-ring (bicyclic) bond motifs is 2. The van der Waals surface area contributed by atoms with Gasteiger partial charge in [-0.15, -0.1) is 0 Å². The summed E-state index contributed by atoms with van der Waals surface area (Å²) >= 11 is 6.24. The summed E-state index contributed by atoms with van der Waals surface area (Å²) in [5.74, 6) is 0.740. The third-order valence-electron chi connectivity index (χ3n) is 5.07. The topological polar surface area (TPSA) is 58.6 Å². The molecule has 0 atom stereocenters. The highest BCUT2D eigenvalue weighted by Gasteiger charge is 2.27. The van der Waals surface area contributed by atoms with Crippen molar-refractivity contribution in [3.63, 3.8) is 0 Å². The van der Waals surface area contributed by atoms with Crippen LogP contribution in [0.5, 0.6) is 5.75 Å². The molecule has 0 radical (unpaired) electrons. The predicted octanol–water partition coefficient (Wildman–Crippen LogP) is 5.14. The monoisotopic (exact) mass is 442 g/mol. The molecule has 2 aliphatic heterocycles. The molecule has 30 heavy (non-hydrogen) atoms. The van der Waals surface area contributed by atoms with Gasteiger partial charge in [-0.05, 0) is 54.0 Å². The van der Waals surface area contributed by atoms with Crippen molar-refractivity contribution >= 4 is 38.5 Å². The molecule has 4 rings (SSSR count). The van der Waals surface area contributed by atoms with E-state index in [1.165, 1.54) is 0 Å². The van der Waals surface area contributed by atoms with Crippen molar-refractivity contribution in [2.75, 3.05) is 24.3 Å². The molecule has 0 aromatic heterocycles. The van der Waals surface area contributed by atoms with E-state index in [0.717, 1.165) is 52.9 Å². The molecule has 2 heterocycles. The smallest absolute Gasteiger partial charge is 0.229 e. The van der Waals surface area contributed by atoms with Gasteiger partial charge in [0.05, 0.1) is 6.26 Å². The zero-order valence-corrected chi connectivity index (χ0v) is 18.4. The lowest BCUT2D eigenvalue weighted by Crippen LogP contribution is -2.28. The summed E-state index contributed by atoms with van der Waals surface area (Å²) in [6, 6.07) is 13.2. The predicted molar refractivity (Wildman–Crippen MR) is 123 cm³/mol. The van der Waals surface area contributed by atoms with Crippen LogP contribution in [0.25, 0.3) is 11.1 Å². The molecule has 2 aliphatic rings. The number of allylic oxidation sites excluding steroid dienone is 4. The number of anilines is 1. The molecule has 156 valence electrons. The largest absolute Gasteiger partial charge is 0.472 e. The van der Waals surface area contributed by atoms with E-state index in [0.29, 0.717) is 17.4 Å². The van der Waals surface area contributed by atoms with E-state index in [2.05, 4.69) is 34.8 Å². The van der Waals surface area contributed by atoms with Gasteiger partial charge >= 0.3 is 0 Å². The maximum atomic E-state index is 11.7. The number of hydrogen-bond donors (Lipinski definition) is 1. The first-order valence-corrected chi connectivity index (χ1v) is 12.0. The number of halogens is 1. The van der Waals surface area contributed by atoms with E-state index in [-0.39, 0.29) is 0 Å². The quantitative estimate of drug-likeness (QED) is 0.712. The van der Waals surface area contributed by atoms with Crippen molar-refractivity contribution < 1.29 is 13.2 Å². The molecule has 5 nitrogen and oxygen atoms in total. The molecule has 0 spiro atoms. The van der Waals surface area contributed by atoms with Crippen LogP contribution in [0.1, 0.15) is 24.5 Å². The number of rotatable bonds is 4. The van der Waals surface area contributed by atoms with E-state index in [4.69, 9.17) is 16.3 Å². The third kappa shape index (κ3) is 4.25. The highest BCUT2D eigenvalue weighted by atomic mass is 35.5. The fourth-order valence-electron chi connectivity index (χ4n) is 3.85. The summed E-state index contributed by atoms with van der Waals surface area (Å²) in [5, 5.41) is 0.623. The molecule has 2 aromatic carbocycles. The first kappa shape index (κ1) is 20.6. The van der Waals surface area contributed by atoms with Gasteiger partial charge in [0.25, 0.3) is 0 Å². The van der Waals surface area contributed by atoms with Gasteiger partial charge in [-0.3, -0.25) is 4.72 Å². The molecule has 0 saturated heterocycles. The van der Waals surface area contributed by atoms with Crippen LogP contribution < -0.4 is 9.46 Å². The Balaban J connectivity index is 1.95. The Morgan fingerprint density at radius 3 is 2.83 bits per heavy atom. The number of hydrogen-bond acceptors (Lipinski definition) is 4. The first-order valence-electron chi connectivity index (χ1n) is 9.72. The molecular weight excluding hydrogens is 420 g/mol. The second-order valence-electron chi connectivity index (χ2n) is 7.28. The van der Waals surface area contributed by atoms with Gasteiger partial charge in [0, 0.05) is 34.1 Å². The van der Waals surface area contributed by atoms with Crippen molar-refractivity contribution in [1.29, 1.82) is 0 Å². The van der Waals surface area contributed by atoms with Gasteiger partial charge in [0.15, 0.2) is 6.73 Å². The first-order chi connectivity index (χ1) is 14.4. The summed E-state index contributed by atoms with van der Waals surface area (Å²) in [4.78, 5) is 2.18. The zero-order chi connectivity index (χ0) is 21.3. The minimum absolute atomic E-state index is 0.430. The van der Waals surface area contributed by atoms with Crippen molar-refractivity contribution in [1.82, 2.24) is 4.90 Å². The second-order valence-corrected chi connectivity index (χ2v) is 9.46. The molecule has 0 amide bonds. The van der Waals surface area contributed by atoms with Crippen molar-refractivity contribution in [2.45, 2.75) is 13.3 Å². The molecule has 0 unspecified atom stereocenters. The summed E-state index contributed by atoms with van der Waals surface area (Å²) in [7, 11) is -3.36. The van der Waals surface area contributed by atoms with Crippen LogP contribution >= 0.6 is 11.6 Å². The fourth-order valence-corrected chi connectivity index (χ4v) is 4.57. The lowest BCUT2D eigenvalue weighted by molar-refractivity contribution is 0.180. The van der Waals surface area contributed by atoms with Crippen molar-refractivity contribution in [3.8, 4) is 5.75 Å². The molecule has 1 N–H and O–H groups in total. The average Bonchev–Trinajstić information content (AvgIpc) is 2.85. The molecule has 0 saturated carbocycles. The van der Waals surface area contributed by atoms with Gasteiger partial charge < -0.3 is 9.64 Å². The van der Waals surface area contributed by atoms with Gasteiger partial charge in [-0.2, -0.15) is 0 Å². The minimum atomic E-state index is -3.36. The van der Waals surface area contributed by atoms with E-state index in [9.17, 15) is 8.42 Å². The number of nitrogens with zero attached hydrogens (tertiary/aromatic N) is 1. The highest BCUT2D eigenvalue weighted by molar-refractivity contribution is 7.92. The molecule has 0 aliphatic carbocycles. The van der Waals surface area contributed by atoms with Gasteiger partial charge in [-0.1, -0.05) is 42.8 Å². The highest BCUT2D eigenvalue weighted by Crippen LogP contribution is 2.43. The Morgan fingerprint density at radius 2 is 2.07 bits per heavy atom. The van der Waals surface area contributed by atoms with Crippen molar-refractivity contribution in [3.05, 3.63) is 82.5 Å². The van der Waals surface area contributed by atoms with Crippen LogP contribution in [0.15, 0.2) is 66.4 Å². The van der Waals surface area contributed by atoms with Crippen LogP contribution in [0.4, 0.5) is 5.69 Å². The van der Waals surface area contributed by atoms with Crippen LogP contribution in [0.3, 0.4) is 0 Å². The summed E-state index contributed by atoms with van der Waals surface area (Å²) in [5.41, 5.74) is 5.73. The lowest BCUT2D eigenvalue weighted by Gasteiger charge is -2.28. The molecule has 7 heteroatoms. The van der Waals surface area contributed by atoms with E-state index < -0.39 is 10.0 Å². The van der Waals surface area contributed by atoms with Crippen LogP contribution in [0, 0.1) is 0 Å². The number of benzene rings is 2. The average molecular weight is 443 g/mol. The lowest BCUT2D eigenvalue weighted by atomic mass is 9.89. The number of sulfonamides is 1. The standard InChI is InChI=1S/C23H23ClN2O3S/c1-3-19(16-7-6-8-18(13-16)25-30(2,27)28)23-20-11-10-17(24)14-22(20)29-15-26-12-5-4-9-21(23)26/h4-11,13-14,25H,3,12,15H2,1-2H3. The normalized spacial score (nSPS) is 17.3. The molecule has 0 fully saturated rings. The fraction of sp³-hybridized carbons (Fsp3) is 0.217. The SMILES string of the molecule is CCC(=C1C2=CC=CCN2COc2cc(Cl)ccc21)c1cccc(NS(C)(=O)=O)c1. The Bertz CT molecular complexity index is 1180. The van der Waals surface area contributed by atoms with Gasteiger partial charge in [0.2, 0.25) is 10.0 Å². The Morgan fingerprint density at radius 1 is 1.23 bits per heavy atom. The van der Waals surface area contributed by atoms with Crippen molar-refractivity contribution in [2.24, 2.45) is 0 Å². The third-order valence-corrected chi connectivity index (χ3v) is 5.91. The van der Waals surface area contributed by atoms with Gasteiger partial charge in [0.1, 0.15) is 5.75 Å². The van der Waals surface area contributed by atoms with E-state index in [1.54, 1.807) is 6.07 Å². The minimum Gasteiger partial charge on any atom is -0.472 e. The maximum absolute atomic E-state index is 11.7. The second kappa shape index (κ2) is 8.20. The van der Waals surface area contributed by atoms with E-state index in [1.807, 2.05) is 36.4 Å². The Kier molecular flexibility index (Phi) is 5.62. The Labute approximate surface area is 182 Å². The summed E-state index contributed by atoms with van der Waals surface area (Å²) in [6.45, 7) is 3.29. The van der Waals surface area contributed by atoms with Crippen LogP contribution in [-0.4, -0.2) is 32.8 Å². The maximum Gasteiger partial charge on any atom is 0.229 e. The number of nitrogens with one attached hydrogen (secondary N) is 1. The zero-order valence-electron chi connectivity index (χ0n) is 16.9. The summed E-state index contributed by atoms with van der Waals surface area (Å²) < 4.78 is 32.1. The van der Waals surface area contributed by atoms with Gasteiger partial charge in [-0.25, -0.2) is 8.42 Å². The summed E-state index contributed by atoms with van der Waals surface area (Å²) in [6.07, 6.45) is 8.16. The molecule has 0 bridgehead atoms. The molecule has 2 aromatic rings. The number of ether oxygens (including phenoxy) is 1. The van der Waals surface area contributed by atoms with Crippen LogP contribution in [0.2, 0.25) is 5.02 Å².